The second-order valence-corrected chi connectivity index (χ2v) is 13.7. The third kappa shape index (κ3) is 3.90. The zero-order valence-electron chi connectivity index (χ0n) is 16.2. The average Bonchev–Trinajstić information content (AvgIpc) is 2.83. The van der Waals surface area contributed by atoms with E-state index in [0.29, 0.717) is 5.92 Å². The van der Waals surface area contributed by atoms with Crippen LogP contribution in [0.5, 0.6) is 5.75 Å². The Kier molecular flexibility index (Phi) is 4.95. The molecule has 136 valence electrons. The quantitative estimate of drug-likeness (QED) is 0.627. The van der Waals surface area contributed by atoms with E-state index in [1.807, 2.05) is 12.1 Å². The molecule has 3 nitrogen and oxygen atoms in total. The lowest BCUT2D eigenvalue weighted by Crippen LogP contribution is -2.43. The number of carbonyl (C=O) groups is 1. The first-order valence-corrected chi connectivity index (χ1v) is 12.4. The zero-order valence-corrected chi connectivity index (χ0v) is 17.2. The first kappa shape index (κ1) is 18.4. The normalized spacial score (nSPS) is 20.8. The number of carbonyl (C=O) groups excluding carboxylic acids is 1. The summed E-state index contributed by atoms with van der Waals surface area (Å²) in [6, 6.07) is 6.10. The molecular weight excluding hydrogens is 326 g/mol. The van der Waals surface area contributed by atoms with Gasteiger partial charge in [0.1, 0.15) is 5.75 Å². The summed E-state index contributed by atoms with van der Waals surface area (Å²) in [7, 11) is -1.89. The van der Waals surface area contributed by atoms with Crippen molar-refractivity contribution in [2.45, 2.75) is 58.2 Å². The lowest BCUT2D eigenvalue weighted by Gasteiger charge is -2.36. The van der Waals surface area contributed by atoms with Crippen LogP contribution in [-0.4, -0.2) is 27.2 Å². The third-order valence-electron chi connectivity index (χ3n) is 6.00. The molecule has 0 bridgehead atoms. The maximum Gasteiger partial charge on any atom is 0.250 e. The van der Waals surface area contributed by atoms with Crippen molar-refractivity contribution in [1.29, 1.82) is 0 Å². The lowest BCUT2D eigenvalue weighted by molar-refractivity contribution is 0.103. The predicted molar refractivity (Wildman–Crippen MR) is 106 cm³/mol. The van der Waals surface area contributed by atoms with Gasteiger partial charge in [0.25, 0.3) is 0 Å². The molecule has 0 amide bonds. The van der Waals surface area contributed by atoms with Gasteiger partial charge in [0, 0.05) is 17.6 Å². The van der Waals surface area contributed by atoms with Crippen molar-refractivity contribution in [3.8, 4) is 5.75 Å². The number of rotatable bonds is 3. The van der Waals surface area contributed by atoms with Crippen LogP contribution < -0.4 is 9.74 Å². The highest BCUT2D eigenvalue weighted by molar-refractivity contribution is 6.74. The van der Waals surface area contributed by atoms with Gasteiger partial charge in [-0.1, -0.05) is 32.9 Å². The molecule has 1 aromatic rings. The molecule has 2 aliphatic rings. The molecule has 1 N–H and O–H groups in total. The number of hydrogen-bond acceptors (Lipinski definition) is 3. The van der Waals surface area contributed by atoms with E-state index in [1.165, 1.54) is 0 Å². The van der Waals surface area contributed by atoms with Crippen LogP contribution in [0.15, 0.2) is 29.8 Å². The fourth-order valence-electron chi connectivity index (χ4n) is 3.32. The molecule has 0 spiro atoms. The van der Waals surface area contributed by atoms with Crippen molar-refractivity contribution < 1.29 is 9.22 Å². The Hall–Kier alpha value is -1.39. The minimum atomic E-state index is -1.89. The molecule has 1 fully saturated rings. The van der Waals surface area contributed by atoms with Crippen molar-refractivity contribution in [3.63, 3.8) is 0 Å². The Balaban J connectivity index is 1.79. The molecular formula is C21H31NO2Si. The van der Waals surface area contributed by atoms with E-state index in [4.69, 9.17) is 4.43 Å². The molecule has 1 aliphatic carbocycles. The molecule has 0 saturated carbocycles. The Bertz CT molecular complexity index is 694. The third-order valence-corrected chi connectivity index (χ3v) is 10.4. The van der Waals surface area contributed by atoms with Crippen LogP contribution in [0.4, 0.5) is 0 Å². The van der Waals surface area contributed by atoms with Crippen molar-refractivity contribution >= 4 is 14.1 Å². The molecule has 25 heavy (non-hydrogen) atoms. The van der Waals surface area contributed by atoms with E-state index in [1.54, 1.807) is 0 Å². The molecule has 0 atom stereocenters. The summed E-state index contributed by atoms with van der Waals surface area (Å²) in [6.07, 6.45) is 5.27. The van der Waals surface area contributed by atoms with Gasteiger partial charge in [0.2, 0.25) is 8.32 Å². The number of fused-ring (bicyclic) bond motifs is 1. The van der Waals surface area contributed by atoms with E-state index in [2.05, 4.69) is 51.3 Å². The summed E-state index contributed by atoms with van der Waals surface area (Å²) in [6.45, 7) is 13.3. The van der Waals surface area contributed by atoms with Gasteiger partial charge < -0.3 is 9.74 Å². The van der Waals surface area contributed by atoms with Crippen molar-refractivity contribution in [3.05, 3.63) is 41.0 Å². The van der Waals surface area contributed by atoms with Gasteiger partial charge in [-0.3, -0.25) is 4.79 Å². The van der Waals surface area contributed by atoms with Gasteiger partial charge in [-0.25, -0.2) is 0 Å². The molecule has 1 saturated heterocycles. The van der Waals surface area contributed by atoms with Crippen LogP contribution in [0.1, 0.15) is 49.5 Å². The Morgan fingerprint density at radius 3 is 2.52 bits per heavy atom. The standard InChI is InChI=1S/C21H31NO2Si/c1-21(2,3)25(4,5)24-18-7-6-16-13-17(20(23)19(16)14-18)12-15-8-10-22-11-9-15/h6-7,12,14-15,22H,8-11,13H2,1-5H3/b17-12+. The highest BCUT2D eigenvalue weighted by Crippen LogP contribution is 2.38. The van der Waals surface area contributed by atoms with Crippen LogP contribution in [-0.2, 0) is 6.42 Å². The Labute approximate surface area is 153 Å². The summed E-state index contributed by atoms with van der Waals surface area (Å²) in [5.41, 5.74) is 2.97. The van der Waals surface area contributed by atoms with Gasteiger partial charge in [-0.15, -0.1) is 0 Å². The average molecular weight is 358 g/mol. The number of allylic oxidation sites excluding steroid dienone is 2. The Morgan fingerprint density at radius 2 is 1.88 bits per heavy atom. The van der Waals surface area contributed by atoms with Crippen LogP contribution in [0.25, 0.3) is 0 Å². The highest BCUT2D eigenvalue weighted by atomic mass is 28.4. The van der Waals surface area contributed by atoms with Gasteiger partial charge in [-0.05, 0) is 67.7 Å². The van der Waals surface area contributed by atoms with Gasteiger partial charge in [-0.2, -0.15) is 0 Å². The lowest BCUT2D eigenvalue weighted by atomic mass is 9.94. The van der Waals surface area contributed by atoms with Crippen LogP contribution >= 0.6 is 0 Å². The minimum Gasteiger partial charge on any atom is -0.543 e. The van der Waals surface area contributed by atoms with Gasteiger partial charge in [0.15, 0.2) is 5.78 Å². The Morgan fingerprint density at radius 1 is 1.20 bits per heavy atom. The van der Waals surface area contributed by atoms with Crippen molar-refractivity contribution in [1.82, 2.24) is 5.32 Å². The fourth-order valence-corrected chi connectivity index (χ4v) is 4.34. The largest absolute Gasteiger partial charge is 0.543 e. The maximum absolute atomic E-state index is 12.9. The first-order chi connectivity index (χ1) is 11.7. The molecule has 1 aliphatic heterocycles. The predicted octanol–water partition coefficient (Wildman–Crippen LogP) is 4.74. The number of benzene rings is 1. The smallest absolute Gasteiger partial charge is 0.250 e. The molecule has 1 aromatic carbocycles. The van der Waals surface area contributed by atoms with Crippen molar-refractivity contribution in [2.75, 3.05) is 13.1 Å². The summed E-state index contributed by atoms with van der Waals surface area (Å²) < 4.78 is 6.38. The second kappa shape index (κ2) is 6.73. The molecule has 3 rings (SSSR count). The number of hydrogen-bond donors (Lipinski definition) is 1. The van der Waals surface area contributed by atoms with Crippen LogP contribution in [0.2, 0.25) is 18.1 Å². The number of Topliss-reactive ketones (excluding diaryl/α,β-unsaturated/α-hetero) is 1. The zero-order chi connectivity index (χ0) is 18.2. The molecule has 0 unspecified atom stereocenters. The first-order valence-electron chi connectivity index (χ1n) is 9.45. The summed E-state index contributed by atoms with van der Waals surface area (Å²) in [5.74, 6) is 1.59. The molecule has 0 aromatic heterocycles. The number of ketones is 1. The fraction of sp³-hybridized carbons (Fsp3) is 0.571. The van der Waals surface area contributed by atoms with E-state index >= 15 is 0 Å². The summed E-state index contributed by atoms with van der Waals surface area (Å²) in [4.78, 5) is 12.9. The van der Waals surface area contributed by atoms with Crippen LogP contribution in [0, 0.1) is 5.92 Å². The number of piperidine rings is 1. The van der Waals surface area contributed by atoms with Gasteiger partial charge >= 0.3 is 0 Å². The summed E-state index contributed by atoms with van der Waals surface area (Å²) >= 11 is 0. The molecule has 4 heteroatoms. The van der Waals surface area contributed by atoms with E-state index in [9.17, 15) is 4.79 Å². The van der Waals surface area contributed by atoms with Crippen molar-refractivity contribution in [2.24, 2.45) is 5.92 Å². The molecule has 0 radical (unpaired) electrons. The summed E-state index contributed by atoms with van der Waals surface area (Å²) in [5, 5.41) is 3.53. The molecule has 1 heterocycles. The highest BCUT2D eigenvalue weighted by Gasteiger charge is 2.39. The topological polar surface area (TPSA) is 38.3 Å². The second-order valence-electron chi connectivity index (χ2n) is 8.97. The van der Waals surface area contributed by atoms with E-state index in [0.717, 1.165) is 54.8 Å². The SMILES string of the molecule is CC(C)(C)[Si](C)(C)Oc1ccc2c(c1)C(=O)/C(=C/C1CCNCC1)C2. The minimum absolute atomic E-state index is 0.149. The monoisotopic (exact) mass is 357 g/mol. The van der Waals surface area contributed by atoms with E-state index < -0.39 is 8.32 Å². The number of nitrogens with one attached hydrogen (secondary N) is 1. The van der Waals surface area contributed by atoms with E-state index in [-0.39, 0.29) is 10.8 Å². The van der Waals surface area contributed by atoms with Gasteiger partial charge in [0.05, 0.1) is 0 Å². The maximum atomic E-state index is 12.9. The van der Waals surface area contributed by atoms with Crippen LogP contribution in [0.3, 0.4) is 0 Å².